The summed E-state index contributed by atoms with van der Waals surface area (Å²) in [5, 5.41) is 12.8. The van der Waals surface area contributed by atoms with Crippen molar-refractivity contribution in [2.45, 2.75) is 43.8 Å². The number of halogens is 2. The number of carboxylic acids is 1. The van der Waals surface area contributed by atoms with Crippen molar-refractivity contribution in [2.75, 3.05) is 20.3 Å². The quantitative estimate of drug-likeness (QED) is 0.470. The number of fused-ring (bicyclic) bond motifs is 3. The second-order valence-electron chi connectivity index (χ2n) is 8.92. The van der Waals surface area contributed by atoms with Gasteiger partial charge in [0.15, 0.2) is 0 Å². The Morgan fingerprint density at radius 3 is 2.09 bits per heavy atom. The Hall–Kier alpha value is -3.53. The van der Waals surface area contributed by atoms with Crippen LogP contribution in [0.5, 0.6) is 0 Å². The minimum absolute atomic E-state index is 0.00104. The normalized spacial score (nSPS) is 14.0. The molecule has 0 radical (unpaired) electrons. The number of alkyl carbamates (subject to hydrolysis) is 1. The molecule has 1 aliphatic carbocycles. The van der Waals surface area contributed by atoms with E-state index in [4.69, 9.17) is 14.6 Å². The fraction of sp³-hybridized carbons (Fsp3) is 0.400. The molecule has 3 rings (SSSR count). The molecule has 0 spiro atoms. The van der Waals surface area contributed by atoms with Gasteiger partial charge in [0, 0.05) is 19.4 Å². The average molecular weight is 491 g/mol. The van der Waals surface area contributed by atoms with Gasteiger partial charge in [-0.15, -0.1) is 0 Å². The number of carbonyl (C=O) groups is 3. The van der Waals surface area contributed by atoms with Crippen LogP contribution in [0.15, 0.2) is 48.5 Å². The van der Waals surface area contributed by atoms with Crippen LogP contribution in [-0.4, -0.2) is 60.9 Å². The maximum Gasteiger partial charge on any atom is 0.407 e. The molecule has 0 saturated carbocycles. The van der Waals surface area contributed by atoms with Crippen molar-refractivity contribution >= 4 is 18.0 Å². The molecule has 0 aliphatic heterocycles. The van der Waals surface area contributed by atoms with Crippen LogP contribution in [-0.2, 0) is 19.1 Å². The molecule has 1 unspecified atom stereocenters. The first-order valence-electron chi connectivity index (χ1n) is 11.0. The standard InChI is InChI=1S/C25H28F2N2O6/c1-24(2,34-3)12-20(21(30)28-14-25(26,27)22(31)32)29-23(33)35-13-19-17-10-6-4-8-15(17)16-9-5-7-11-18(16)19/h4-11,19-20H,12-14H2,1-3H3,(H,28,30)(H,29,33)(H,31,32). The average Bonchev–Trinajstić information content (AvgIpc) is 3.14. The van der Waals surface area contributed by atoms with Crippen molar-refractivity contribution in [3.8, 4) is 11.1 Å². The highest BCUT2D eigenvalue weighted by Gasteiger charge is 2.40. The van der Waals surface area contributed by atoms with E-state index in [9.17, 15) is 23.2 Å². The molecule has 35 heavy (non-hydrogen) atoms. The molecule has 1 aliphatic rings. The van der Waals surface area contributed by atoms with Gasteiger partial charge in [-0.05, 0) is 36.1 Å². The molecular weight excluding hydrogens is 462 g/mol. The highest BCUT2D eigenvalue weighted by atomic mass is 19.3. The summed E-state index contributed by atoms with van der Waals surface area (Å²) in [6, 6.07) is 14.3. The molecule has 0 aromatic heterocycles. The topological polar surface area (TPSA) is 114 Å². The number of alkyl halides is 2. The molecule has 0 fully saturated rings. The third-order valence-electron chi connectivity index (χ3n) is 6.00. The lowest BCUT2D eigenvalue weighted by Gasteiger charge is -2.28. The van der Waals surface area contributed by atoms with E-state index in [2.05, 4.69) is 5.32 Å². The lowest BCUT2D eigenvalue weighted by Crippen LogP contribution is -2.53. The SMILES string of the molecule is COC(C)(C)CC(NC(=O)OCC1c2ccccc2-c2ccccc21)C(=O)NCC(F)(F)C(=O)O. The van der Waals surface area contributed by atoms with E-state index in [1.54, 1.807) is 13.8 Å². The summed E-state index contributed by atoms with van der Waals surface area (Å²) in [5.41, 5.74) is 3.22. The Morgan fingerprint density at radius 2 is 1.57 bits per heavy atom. The third-order valence-corrected chi connectivity index (χ3v) is 6.00. The Morgan fingerprint density at radius 1 is 1.03 bits per heavy atom. The number of rotatable bonds is 10. The zero-order chi connectivity index (χ0) is 25.8. The van der Waals surface area contributed by atoms with E-state index in [1.807, 2.05) is 53.8 Å². The van der Waals surface area contributed by atoms with Gasteiger partial charge in [-0.3, -0.25) is 4.79 Å². The van der Waals surface area contributed by atoms with Crippen LogP contribution >= 0.6 is 0 Å². The molecule has 8 nitrogen and oxygen atoms in total. The summed E-state index contributed by atoms with van der Waals surface area (Å²) in [5.74, 6) is -7.70. The molecule has 188 valence electrons. The highest BCUT2D eigenvalue weighted by molar-refractivity contribution is 5.86. The molecule has 2 aromatic carbocycles. The smallest absolute Gasteiger partial charge is 0.407 e. The van der Waals surface area contributed by atoms with E-state index in [0.29, 0.717) is 0 Å². The summed E-state index contributed by atoms with van der Waals surface area (Å²) in [4.78, 5) is 35.8. The lowest BCUT2D eigenvalue weighted by atomic mass is 9.98. The molecule has 3 N–H and O–H groups in total. The fourth-order valence-corrected chi connectivity index (χ4v) is 3.96. The molecule has 2 amide bonds. The Labute approximate surface area is 201 Å². The second-order valence-corrected chi connectivity index (χ2v) is 8.92. The van der Waals surface area contributed by atoms with Gasteiger partial charge < -0.3 is 25.2 Å². The van der Waals surface area contributed by atoms with Gasteiger partial charge in [-0.25, -0.2) is 9.59 Å². The summed E-state index contributed by atoms with van der Waals surface area (Å²) >= 11 is 0. The second kappa shape index (κ2) is 10.4. The van der Waals surface area contributed by atoms with Crippen LogP contribution in [0, 0.1) is 0 Å². The van der Waals surface area contributed by atoms with Gasteiger partial charge in [0.05, 0.1) is 12.1 Å². The van der Waals surface area contributed by atoms with Crippen LogP contribution < -0.4 is 10.6 Å². The van der Waals surface area contributed by atoms with Crippen molar-refractivity contribution in [2.24, 2.45) is 0 Å². The van der Waals surface area contributed by atoms with E-state index in [1.165, 1.54) is 7.11 Å². The Balaban J connectivity index is 1.69. The van der Waals surface area contributed by atoms with Crippen molar-refractivity contribution in [1.29, 1.82) is 0 Å². The summed E-state index contributed by atoms with van der Waals surface area (Å²) in [7, 11) is 1.40. The minimum atomic E-state index is -4.15. The zero-order valence-electron chi connectivity index (χ0n) is 19.6. The van der Waals surface area contributed by atoms with Crippen LogP contribution in [0.1, 0.15) is 37.3 Å². The van der Waals surface area contributed by atoms with Crippen LogP contribution in [0.25, 0.3) is 11.1 Å². The number of carboxylic acid groups (broad SMARTS) is 1. The van der Waals surface area contributed by atoms with Crippen molar-refractivity contribution in [3.63, 3.8) is 0 Å². The monoisotopic (exact) mass is 490 g/mol. The van der Waals surface area contributed by atoms with Gasteiger partial charge in [0.25, 0.3) is 0 Å². The maximum absolute atomic E-state index is 13.4. The number of amides is 2. The number of benzene rings is 2. The predicted octanol–water partition coefficient (Wildman–Crippen LogP) is 3.54. The number of methoxy groups -OCH3 is 1. The van der Waals surface area contributed by atoms with Crippen LogP contribution in [0.2, 0.25) is 0 Å². The highest BCUT2D eigenvalue weighted by Crippen LogP contribution is 2.44. The number of ether oxygens (including phenoxy) is 2. The van der Waals surface area contributed by atoms with Gasteiger partial charge in [0.2, 0.25) is 5.91 Å². The number of carbonyl (C=O) groups excluding carboxylic acids is 2. The number of nitrogens with one attached hydrogen (secondary N) is 2. The molecule has 1 atom stereocenters. The number of aliphatic carboxylic acids is 1. The van der Waals surface area contributed by atoms with E-state index < -0.39 is 42.1 Å². The van der Waals surface area contributed by atoms with Crippen LogP contribution in [0.3, 0.4) is 0 Å². The largest absolute Gasteiger partial charge is 0.477 e. The summed E-state index contributed by atoms with van der Waals surface area (Å²) in [6.45, 7) is 1.88. The predicted molar refractivity (Wildman–Crippen MR) is 123 cm³/mol. The Kier molecular flexibility index (Phi) is 7.74. The first-order valence-corrected chi connectivity index (χ1v) is 11.0. The molecular formula is C25H28F2N2O6. The third kappa shape index (κ3) is 6.13. The fourth-order valence-electron chi connectivity index (χ4n) is 3.96. The van der Waals surface area contributed by atoms with Crippen molar-refractivity contribution in [3.05, 3.63) is 59.7 Å². The molecule has 0 heterocycles. The van der Waals surface area contributed by atoms with Gasteiger partial charge in [-0.2, -0.15) is 8.78 Å². The first kappa shape index (κ1) is 26.1. The summed E-state index contributed by atoms with van der Waals surface area (Å²) in [6.07, 6.45) is -0.984. The van der Waals surface area contributed by atoms with E-state index in [0.717, 1.165) is 22.3 Å². The van der Waals surface area contributed by atoms with Gasteiger partial charge in [-0.1, -0.05) is 48.5 Å². The summed E-state index contributed by atoms with van der Waals surface area (Å²) < 4.78 is 37.6. The van der Waals surface area contributed by atoms with Crippen molar-refractivity contribution in [1.82, 2.24) is 10.6 Å². The minimum Gasteiger partial charge on any atom is -0.477 e. The van der Waals surface area contributed by atoms with Gasteiger partial charge in [0.1, 0.15) is 12.6 Å². The van der Waals surface area contributed by atoms with Crippen molar-refractivity contribution < 1.29 is 37.7 Å². The molecule has 2 aromatic rings. The van der Waals surface area contributed by atoms with E-state index in [-0.39, 0.29) is 18.9 Å². The molecule has 10 heteroatoms. The van der Waals surface area contributed by atoms with Crippen LogP contribution in [0.4, 0.5) is 13.6 Å². The molecule has 0 saturated heterocycles. The molecule has 0 bridgehead atoms. The lowest BCUT2D eigenvalue weighted by molar-refractivity contribution is -0.164. The number of hydrogen-bond donors (Lipinski definition) is 3. The number of hydrogen-bond acceptors (Lipinski definition) is 5. The maximum atomic E-state index is 13.4. The Bertz CT molecular complexity index is 1060. The van der Waals surface area contributed by atoms with Gasteiger partial charge >= 0.3 is 18.0 Å². The van der Waals surface area contributed by atoms with E-state index >= 15 is 0 Å². The first-order chi connectivity index (χ1) is 16.4. The zero-order valence-corrected chi connectivity index (χ0v) is 19.6.